The van der Waals surface area contributed by atoms with Crippen molar-refractivity contribution in [2.24, 2.45) is 11.6 Å². The Morgan fingerprint density at radius 2 is 1.72 bits per heavy atom. The maximum atomic E-state index is 14.3. The first-order chi connectivity index (χ1) is 17.3. The quantitative estimate of drug-likeness (QED) is 0.146. The molecule has 2 aromatic heterocycles. The van der Waals surface area contributed by atoms with Gasteiger partial charge in [-0.15, -0.1) is 0 Å². The van der Waals surface area contributed by atoms with Crippen molar-refractivity contribution in [2.45, 2.75) is 32.4 Å². The first-order valence-corrected chi connectivity index (χ1v) is 11.1. The molecule has 0 fully saturated rings. The summed E-state index contributed by atoms with van der Waals surface area (Å²) in [6, 6.07) is 13.0. The maximum Gasteiger partial charge on any atom is 0.333 e. The van der Waals surface area contributed by atoms with E-state index >= 15 is 0 Å². The molecule has 6 N–H and O–H groups in total. The molecule has 0 saturated carbocycles. The second-order valence-electron chi connectivity index (χ2n) is 8.25. The van der Waals surface area contributed by atoms with Gasteiger partial charge in [-0.25, -0.2) is 20.0 Å². The summed E-state index contributed by atoms with van der Waals surface area (Å²) in [6.45, 7) is -0.388. The van der Waals surface area contributed by atoms with Crippen molar-refractivity contribution < 1.29 is 14.0 Å². The lowest BCUT2D eigenvalue weighted by Gasteiger charge is -2.11. The first kappa shape index (κ1) is 24.5. The number of nitrogens with one attached hydrogen (secondary N) is 2. The van der Waals surface area contributed by atoms with Crippen LogP contribution in [0.2, 0.25) is 0 Å². The molecule has 2 amide bonds. The van der Waals surface area contributed by atoms with Crippen LogP contribution in [0.1, 0.15) is 28.9 Å². The first-order valence-electron chi connectivity index (χ1n) is 11.1. The van der Waals surface area contributed by atoms with E-state index in [1.54, 1.807) is 30.3 Å². The van der Waals surface area contributed by atoms with Gasteiger partial charge in [-0.3, -0.25) is 28.9 Å². The number of hydrogen-bond donors (Lipinski definition) is 4. The van der Waals surface area contributed by atoms with Crippen LogP contribution in [0.4, 0.5) is 4.39 Å². The number of carbonyl (C=O) groups excluding carboxylic acids is 2. The molecule has 36 heavy (non-hydrogen) atoms. The van der Waals surface area contributed by atoms with Crippen LogP contribution in [0.3, 0.4) is 0 Å². The molecule has 2 aromatic carbocycles. The van der Waals surface area contributed by atoms with Crippen molar-refractivity contribution in [3.8, 4) is 0 Å². The van der Waals surface area contributed by atoms with Gasteiger partial charge in [0.25, 0.3) is 5.56 Å². The number of hydrogen-bond acceptors (Lipinski definition) is 6. The number of rotatable bonds is 9. The number of aromatic nitrogens is 4. The van der Waals surface area contributed by atoms with Gasteiger partial charge in [-0.05, 0) is 17.2 Å². The summed E-state index contributed by atoms with van der Waals surface area (Å²) in [5, 5.41) is 0. The van der Waals surface area contributed by atoms with Gasteiger partial charge >= 0.3 is 5.69 Å². The van der Waals surface area contributed by atoms with E-state index in [9.17, 15) is 23.6 Å². The predicted molar refractivity (Wildman–Crippen MR) is 129 cm³/mol. The van der Waals surface area contributed by atoms with Crippen LogP contribution in [-0.4, -0.2) is 30.9 Å². The molecule has 11 nitrogen and oxygen atoms in total. The minimum Gasteiger partial charge on any atom is -0.369 e. The van der Waals surface area contributed by atoms with Crippen molar-refractivity contribution in [2.75, 3.05) is 0 Å². The fourth-order valence-corrected chi connectivity index (χ4v) is 3.89. The molecule has 2 heterocycles. The highest BCUT2D eigenvalue weighted by Gasteiger charge is 2.19. The molecule has 0 aliphatic rings. The molecule has 0 radical (unpaired) electrons. The second kappa shape index (κ2) is 10.4. The molecular formula is C24H24FN7O4. The molecule has 0 saturated heterocycles. The Morgan fingerprint density at radius 3 is 2.39 bits per heavy atom. The highest BCUT2D eigenvalue weighted by molar-refractivity contribution is 5.76. The number of imidazole rings is 1. The number of H-pyrrole nitrogens is 1. The molecule has 0 atom stereocenters. The van der Waals surface area contributed by atoms with Gasteiger partial charge in [0, 0.05) is 24.9 Å². The largest absolute Gasteiger partial charge is 0.369 e. The van der Waals surface area contributed by atoms with Gasteiger partial charge in [-0.1, -0.05) is 42.5 Å². The lowest BCUT2D eigenvalue weighted by Crippen LogP contribution is -2.41. The predicted octanol–water partition coefficient (Wildman–Crippen LogP) is 0.0723. The van der Waals surface area contributed by atoms with E-state index < -0.39 is 28.9 Å². The number of primary amides is 1. The molecule has 4 aromatic rings. The van der Waals surface area contributed by atoms with Crippen molar-refractivity contribution >= 4 is 23.0 Å². The topological polar surface area (TPSA) is 171 Å². The molecule has 12 heteroatoms. The third kappa shape index (κ3) is 5.23. The van der Waals surface area contributed by atoms with Gasteiger partial charge < -0.3 is 10.7 Å². The second-order valence-corrected chi connectivity index (χ2v) is 8.25. The maximum absolute atomic E-state index is 14.3. The Balaban J connectivity index is 1.76. The SMILES string of the molecule is NNC(=O)CCn1c(=O)n(Cc2ccccc2F)c(=O)c2[nH]c(Cc3ccc(CC(N)=O)cc3)nc21. The van der Waals surface area contributed by atoms with E-state index in [2.05, 4.69) is 9.97 Å². The van der Waals surface area contributed by atoms with E-state index in [4.69, 9.17) is 11.6 Å². The zero-order chi connectivity index (χ0) is 25.8. The lowest BCUT2D eigenvalue weighted by atomic mass is 10.1. The Bertz CT molecular complexity index is 1550. The third-order valence-corrected chi connectivity index (χ3v) is 5.69. The van der Waals surface area contributed by atoms with Crippen LogP contribution in [0, 0.1) is 5.82 Å². The lowest BCUT2D eigenvalue weighted by molar-refractivity contribution is -0.121. The summed E-state index contributed by atoms with van der Waals surface area (Å²) in [5.74, 6) is 4.07. The standard InChI is InChI=1S/C24H24FN7O4/c25-17-4-2-1-3-16(17)13-32-23(35)21-22(31(24(32)36)10-9-20(34)30-27)29-19(28-21)12-15-7-5-14(6-8-15)11-18(26)33/h1-8H,9-13,27H2,(H2,26,33)(H,28,29)(H,30,34). The summed E-state index contributed by atoms with van der Waals surface area (Å²) in [4.78, 5) is 56.8. The Kier molecular flexibility index (Phi) is 7.06. The Morgan fingerprint density at radius 1 is 1.03 bits per heavy atom. The monoisotopic (exact) mass is 493 g/mol. The van der Waals surface area contributed by atoms with Gasteiger partial charge in [-0.2, -0.15) is 0 Å². The number of nitrogens with two attached hydrogens (primary N) is 2. The van der Waals surface area contributed by atoms with Crippen LogP contribution in [0.15, 0.2) is 58.1 Å². The smallest absolute Gasteiger partial charge is 0.333 e. The van der Waals surface area contributed by atoms with Gasteiger partial charge in [0.05, 0.1) is 13.0 Å². The number of benzene rings is 2. The average Bonchev–Trinajstić information content (AvgIpc) is 3.27. The van der Waals surface area contributed by atoms with Gasteiger partial charge in [0.2, 0.25) is 11.8 Å². The highest BCUT2D eigenvalue weighted by atomic mass is 19.1. The van der Waals surface area contributed by atoms with Crippen LogP contribution in [-0.2, 0) is 35.5 Å². The zero-order valence-electron chi connectivity index (χ0n) is 19.2. The summed E-state index contributed by atoms with van der Waals surface area (Å²) < 4.78 is 16.4. The van der Waals surface area contributed by atoms with E-state index in [0.717, 1.165) is 15.7 Å². The number of carbonyl (C=O) groups is 2. The molecule has 0 bridgehead atoms. The zero-order valence-corrected chi connectivity index (χ0v) is 19.2. The number of fused-ring (bicyclic) bond motifs is 1. The molecular weight excluding hydrogens is 469 g/mol. The average molecular weight is 493 g/mol. The number of nitrogens with zero attached hydrogens (tertiary/aromatic N) is 3. The number of hydrazine groups is 1. The Hall–Kier alpha value is -4.58. The van der Waals surface area contributed by atoms with Crippen molar-refractivity contribution in [3.05, 3.63) is 97.7 Å². The van der Waals surface area contributed by atoms with Crippen LogP contribution >= 0.6 is 0 Å². The molecule has 0 aliphatic heterocycles. The van der Waals surface area contributed by atoms with Gasteiger partial charge in [0.15, 0.2) is 5.65 Å². The summed E-state index contributed by atoms with van der Waals surface area (Å²) in [5.41, 5.74) is 7.74. The molecule has 0 aliphatic carbocycles. The van der Waals surface area contributed by atoms with Crippen molar-refractivity contribution in [1.29, 1.82) is 0 Å². The van der Waals surface area contributed by atoms with E-state index in [-0.39, 0.29) is 42.7 Å². The Labute approximate surface area is 203 Å². The number of aryl methyl sites for hydroxylation is 1. The van der Waals surface area contributed by atoms with E-state index in [1.165, 1.54) is 22.8 Å². The van der Waals surface area contributed by atoms with Gasteiger partial charge in [0.1, 0.15) is 17.2 Å². The van der Waals surface area contributed by atoms with E-state index in [0.29, 0.717) is 12.2 Å². The molecule has 4 rings (SSSR count). The fourth-order valence-electron chi connectivity index (χ4n) is 3.89. The van der Waals surface area contributed by atoms with Crippen LogP contribution in [0.5, 0.6) is 0 Å². The fraction of sp³-hybridized carbons (Fsp3) is 0.208. The molecule has 186 valence electrons. The van der Waals surface area contributed by atoms with Crippen molar-refractivity contribution in [1.82, 2.24) is 24.5 Å². The normalized spacial score (nSPS) is 11.1. The van der Waals surface area contributed by atoms with E-state index in [1.807, 2.05) is 5.43 Å². The van der Waals surface area contributed by atoms with Crippen molar-refractivity contribution in [3.63, 3.8) is 0 Å². The highest BCUT2D eigenvalue weighted by Crippen LogP contribution is 2.14. The summed E-state index contributed by atoms with van der Waals surface area (Å²) in [6.07, 6.45) is 0.289. The number of amides is 2. The minimum atomic E-state index is -0.727. The number of halogens is 1. The van der Waals surface area contributed by atoms with Crippen LogP contribution in [0.25, 0.3) is 11.2 Å². The summed E-state index contributed by atoms with van der Waals surface area (Å²) >= 11 is 0. The molecule has 0 spiro atoms. The summed E-state index contributed by atoms with van der Waals surface area (Å²) in [7, 11) is 0. The molecule has 0 unspecified atom stereocenters. The minimum absolute atomic E-state index is 0.0550. The number of aromatic amines is 1. The third-order valence-electron chi connectivity index (χ3n) is 5.69. The van der Waals surface area contributed by atoms with Crippen LogP contribution < -0.4 is 28.3 Å².